The van der Waals surface area contributed by atoms with Crippen LogP contribution in [0.5, 0.6) is 0 Å². The zero-order chi connectivity index (χ0) is 19.1. The highest BCUT2D eigenvalue weighted by molar-refractivity contribution is 6.09. The Bertz CT molecular complexity index is 916. The number of hydrogen-bond donors (Lipinski definition) is 2. The van der Waals surface area contributed by atoms with Crippen molar-refractivity contribution in [3.63, 3.8) is 0 Å². The molecule has 6 nitrogen and oxygen atoms in total. The minimum absolute atomic E-state index is 0.0182. The standard InChI is InChI=1S/C22H24N4O2/c27-20(24-12-9-15-7-10-23-11-8-15)18-14-16-4-3-13-26(16)22(18)17-5-1-2-6-19(17)25-21(22)28/h1-2,5-8,10-11,16,18H,3-4,9,12-14H2,(H,24,27)(H,25,28)/t16-,18+,22+/m1/s1. The second-order valence-corrected chi connectivity index (χ2v) is 7.94. The lowest BCUT2D eigenvalue weighted by molar-refractivity contribution is -0.137. The average molecular weight is 376 g/mol. The van der Waals surface area contributed by atoms with E-state index in [4.69, 9.17) is 0 Å². The van der Waals surface area contributed by atoms with Gasteiger partial charge in [-0.3, -0.25) is 19.5 Å². The normalized spacial score (nSPS) is 28.2. The second-order valence-electron chi connectivity index (χ2n) is 7.94. The van der Waals surface area contributed by atoms with E-state index in [0.29, 0.717) is 12.6 Å². The van der Waals surface area contributed by atoms with Crippen LogP contribution in [0.15, 0.2) is 48.8 Å². The minimum Gasteiger partial charge on any atom is -0.355 e. The third-order valence-electron chi connectivity index (χ3n) is 6.55. The molecule has 2 amide bonds. The summed E-state index contributed by atoms with van der Waals surface area (Å²) in [5.41, 5.74) is 2.08. The number of para-hydroxylation sites is 1. The van der Waals surface area contributed by atoms with Crippen molar-refractivity contribution in [3.05, 3.63) is 59.9 Å². The van der Waals surface area contributed by atoms with Crippen LogP contribution in [0, 0.1) is 5.92 Å². The molecule has 1 aromatic carbocycles. The van der Waals surface area contributed by atoms with Gasteiger partial charge < -0.3 is 10.6 Å². The molecule has 1 spiro atoms. The van der Waals surface area contributed by atoms with Gasteiger partial charge in [0.05, 0.1) is 5.92 Å². The number of anilines is 1. The summed E-state index contributed by atoms with van der Waals surface area (Å²) in [6.45, 7) is 1.43. The number of rotatable bonds is 4. The molecule has 144 valence electrons. The summed E-state index contributed by atoms with van der Waals surface area (Å²) in [6, 6.07) is 12.0. The summed E-state index contributed by atoms with van der Waals surface area (Å²) in [5.74, 6) is -0.429. The summed E-state index contributed by atoms with van der Waals surface area (Å²) in [7, 11) is 0. The van der Waals surface area contributed by atoms with Gasteiger partial charge >= 0.3 is 0 Å². The Morgan fingerprint density at radius 2 is 2.07 bits per heavy atom. The van der Waals surface area contributed by atoms with E-state index < -0.39 is 5.54 Å². The molecule has 3 aliphatic heterocycles. The first-order valence-electron chi connectivity index (χ1n) is 10.1. The van der Waals surface area contributed by atoms with Crippen LogP contribution in [0.2, 0.25) is 0 Å². The van der Waals surface area contributed by atoms with Gasteiger partial charge in [0.15, 0.2) is 0 Å². The summed E-state index contributed by atoms with van der Waals surface area (Å²) < 4.78 is 0. The Labute approximate surface area is 164 Å². The molecule has 4 heterocycles. The summed E-state index contributed by atoms with van der Waals surface area (Å²) in [6.07, 6.45) is 7.15. The van der Waals surface area contributed by atoms with Crippen LogP contribution in [-0.4, -0.2) is 40.8 Å². The maximum absolute atomic E-state index is 13.3. The molecule has 3 atom stereocenters. The van der Waals surface area contributed by atoms with Crippen molar-refractivity contribution < 1.29 is 9.59 Å². The first-order chi connectivity index (χ1) is 13.7. The van der Waals surface area contributed by atoms with E-state index in [1.807, 2.05) is 36.4 Å². The van der Waals surface area contributed by atoms with E-state index in [1.54, 1.807) is 12.4 Å². The van der Waals surface area contributed by atoms with Crippen LogP contribution in [0.3, 0.4) is 0 Å². The van der Waals surface area contributed by atoms with Crippen molar-refractivity contribution in [1.82, 2.24) is 15.2 Å². The van der Waals surface area contributed by atoms with Crippen molar-refractivity contribution in [3.8, 4) is 0 Å². The number of hydrogen-bond acceptors (Lipinski definition) is 4. The third-order valence-corrected chi connectivity index (χ3v) is 6.55. The van der Waals surface area contributed by atoms with E-state index in [1.165, 1.54) is 0 Å². The fourth-order valence-corrected chi connectivity index (χ4v) is 5.38. The monoisotopic (exact) mass is 376 g/mol. The largest absolute Gasteiger partial charge is 0.355 e. The number of carbonyl (C=O) groups is 2. The molecule has 1 aromatic heterocycles. The number of amides is 2. The lowest BCUT2D eigenvalue weighted by Crippen LogP contribution is -2.54. The molecule has 2 N–H and O–H groups in total. The molecule has 2 fully saturated rings. The number of nitrogens with zero attached hydrogens (tertiary/aromatic N) is 2. The van der Waals surface area contributed by atoms with Crippen molar-refractivity contribution in [2.75, 3.05) is 18.4 Å². The highest BCUT2D eigenvalue weighted by Gasteiger charge is 2.65. The molecule has 5 rings (SSSR count). The molecule has 3 aliphatic rings. The maximum atomic E-state index is 13.3. The van der Waals surface area contributed by atoms with Crippen LogP contribution in [-0.2, 0) is 21.5 Å². The van der Waals surface area contributed by atoms with E-state index in [9.17, 15) is 9.59 Å². The van der Waals surface area contributed by atoms with Crippen LogP contribution in [0.25, 0.3) is 0 Å². The first-order valence-corrected chi connectivity index (χ1v) is 10.1. The van der Waals surface area contributed by atoms with Gasteiger partial charge in [-0.25, -0.2) is 0 Å². The Balaban J connectivity index is 1.42. The fourth-order valence-electron chi connectivity index (χ4n) is 5.38. The van der Waals surface area contributed by atoms with Crippen molar-refractivity contribution in [2.24, 2.45) is 5.92 Å². The zero-order valence-electron chi connectivity index (χ0n) is 15.7. The quantitative estimate of drug-likeness (QED) is 0.857. The van der Waals surface area contributed by atoms with E-state index >= 15 is 0 Å². The third kappa shape index (κ3) is 2.48. The smallest absolute Gasteiger partial charge is 0.250 e. The van der Waals surface area contributed by atoms with E-state index in [0.717, 1.165) is 49.0 Å². The van der Waals surface area contributed by atoms with Crippen LogP contribution in [0.1, 0.15) is 30.4 Å². The molecule has 2 aromatic rings. The molecule has 28 heavy (non-hydrogen) atoms. The summed E-state index contributed by atoms with van der Waals surface area (Å²) in [4.78, 5) is 32.8. The highest BCUT2D eigenvalue weighted by atomic mass is 16.2. The van der Waals surface area contributed by atoms with E-state index in [2.05, 4.69) is 20.5 Å². The SMILES string of the molecule is O=C(NCCc1ccncc1)[C@@H]1C[C@H]2CCCN2[C@]12C(=O)Nc1ccccc12. The van der Waals surface area contributed by atoms with Crippen LogP contribution in [0.4, 0.5) is 5.69 Å². The molecule has 0 radical (unpaired) electrons. The number of aromatic nitrogens is 1. The number of benzene rings is 1. The first kappa shape index (κ1) is 17.4. The van der Waals surface area contributed by atoms with Crippen molar-refractivity contribution >= 4 is 17.5 Å². The molecule has 0 unspecified atom stereocenters. The minimum atomic E-state index is -0.863. The summed E-state index contributed by atoms with van der Waals surface area (Å²) >= 11 is 0. The Morgan fingerprint density at radius 1 is 1.25 bits per heavy atom. The van der Waals surface area contributed by atoms with Gasteiger partial charge in [-0.05, 0) is 56.0 Å². The van der Waals surface area contributed by atoms with Gasteiger partial charge in [0.2, 0.25) is 11.8 Å². The van der Waals surface area contributed by atoms with Gasteiger partial charge in [-0.2, -0.15) is 0 Å². The Morgan fingerprint density at radius 3 is 2.93 bits per heavy atom. The lowest BCUT2D eigenvalue weighted by atomic mass is 9.78. The fraction of sp³-hybridized carbons (Fsp3) is 0.409. The van der Waals surface area contributed by atoms with Crippen molar-refractivity contribution in [2.45, 2.75) is 37.3 Å². The Kier molecular flexibility index (Phi) is 4.16. The number of fused-ring (bicyclic) bond motifs is 4. The number of nitrogens with one attached hydrogen (secondary N) is 2. The predicted octanol–water partition coefficient (Wildman–Crippen LogP) is 2.07. The maximum Gasteiger partial charge on any atom is 0.250 e. The van der Waals surface area contributed by atoms with Crippen LogP contribution < -0.4 is 10.6 Å². The van der Waals surface area contributed by atoms with Gasteiger partial charge in [-0.1, -0.05) is 18.2 Å². The molecule has 0 aliphatic carbocycles. The molecular weight excluding hydrogens is 352 g/mol. The molecular formula is C22H24N4O2. The van der Waals surface area contributed by atoms with Gasteiger partial charge in [-0.15, -0.1) is 0 Å². The van der Waals surface area contributed by atoms with Gasteiger partial charge in [0, 0.05) is 36.2 Å². The predicted molar refractivity (Wildman–Crippen MR) is 106 cm³/mol. The molecule has 6 heteroatoms. The topological polar surface area (TPSA) is 74.3 Å². The van der Waals surface area contributed by atoms with Crippen LogP contribution >= 0.6 is 0 Å². The number of carbonyl (C=O) groups excluding carboxylic acids is 2. The van der Waals surface area contributed by atoms with Crippen molar-refractivity contribution in [1.29, 1.82) is 0 Å². The second kappa shape index (κ2) is 6.71. The number of pyridine rings is 1. The lowest BCUT2D eigenvalue weighted by Gasteiger charge is -2.36. The average Bonchev–Trinajstić information content (AvgIpc) is 3.37. The summed E-state index contributed by atoms with van der Waals surface area (Å²) in [5, 5.41) is 6.14. The van der Waals surface area contributed by atoms with E-state index in [-0.39, 0.29) is 17.7 Å². The molecule has 0 saturated carbocycles. The zero-order valence-corrected chi connectivity index (χ0v) is 15.7. The molecule has 0 bridgehead atoms. The highest BCUT2D eigenvalue weighted by Crippen LogP contribution is 2.55. The molecule has 2 saturated heterocycles. The van der Waals surface area contributed by atoms with Gasteiger partial charge in [0.1, 0.15) is 5.54 Å². The Hall–Kier alpha value is -2.73. The van der Waals surface area contributed by atoms with Gasteiger partial charge in [0.25, 0.3) is 0 Å².